The standard InChI is InChI=1S/C16H17FN4O2/c1-11(22)20-14-5-2-12(3-6-14)8-9-18-16(23)21-15-7-4-13(17)10-19-15/h2-7,10H,8-9H2,1H3,(H,20,22)(H2,18,19,21,23). The van der Waals surface area contributed by atoms with Gasteiger partial charge in [-0.2, -0.15) is 0 Å². The monoisotopic (exact) mass is 316 g/mol. The summed E-state index contributed by atoms with van der Waals surface area (Å²) in [7, 11) is 0. The molecule has 0 saturated carbocycles. The highest BCUT2D eigenvalue weighted by atomic mass is 19.1. The topological polar surface area (TPSA) is 83.1 Å². The Labute approximate surface area is 133 Å². The minimum Gasteiger partial charge on any atom is -0.337 e. The van der Waals surface area contributed by atoms with Crippen LogP contribution in [-0.4, -0.2) is 23.5 Å². The number of hydrogen-bond donors (Lipinski definition) is 3. The van der Waals surface area contributed by atoms with Crippen LogP contribution in [0.3, 0.4) is 0 Å². The van der Waals surface area contributed by atoms with Crippen LogP contribution >= 0.6 is 0 Å². The Balaban J connectivity index is 1.74. The number of aromatic nitrogens is 1. The molecule has 0 aliphatic heterocycles. The first-order valence-electron chi connectivity index (χ1n) is 7.06. The lowest BCUT2D eigenvalue weighted by atomic mass is 10.1. The first kappa shape index (κ1) is 16.4. The van der Waals surface area contributed by atoms with Gasteiger partial charge in [0.25, 0.3) is 0 Å². The van der Waals surface area contributed by atoms with E-state index in [4.69, 9.17) is 0 Å². The molecule has 1 heterocycles. The molecule has 0 radical (unpaired) electrons. The Morgan fingerprint density at radius 1 is 1.09 bits per heavy atom. The van der Waals surface area contributed by atoms with E-state index in [2.05, 4.69) is 20.9 Å². The van der Waals surface area contributed by atoms with Crippen LogP contribution in [0.1, 0.15) is 12.5 Å². The van der Waals surface area contributed by atoms with Crippen LogP contribution in [0.15, 0.2) is 42.6 Å². The molecular formula is C16H17FN4O2. The number of rotatable bonds is 5. The number of carbonyl (C=O) groups is 2. The number of benzene rings is 1. The molecule has 0 saturated heterocycles. The summed E-state index contributed by atoms with van der Waals surface area (Å²) in [6.07, 6.45) is 1.68. The van der Waals surface area contributed by atoms with Crippen molar-refractivity contribution >= 4 is 23.4 Å². The largest absolute Gasteiger partial charge is 0.337 e. The summed E-state index contributed by atoms with van der Waals surface area (Å²) in [4.78, 5) is 26.3. The van der Waals surface area contributed by atoms with Gasteiger partial charge in [-0.15, -0.1) is 0 Å². The van der Waals surface area contributed by atoms with Gasteiger partial charge in [0.1, 0.15) is 11.6 Å². The van der Waals surface area contributed by atoms with Crippen LogP contribution in [0.5, 0.6) is 0 Å². The molecule has 120 valence electrons. The molecule has 2 aromatic rings. The zero-order valence-electron chi connectivity index (χ0n) is 12.6. The molecule has 3 amide bonds. The zero-order chi connectivity index (χ0) is 16.7. The molecule has 0 bridgehead atoms. The van der Waals surface area contributed by atoms with Crippen molar-refractivity contribution in [2.45, 2.75) is 13.3 Å². The van der Waals surface area contributed by atoms with Crippen LogP contribution in [-0.2, 0) is 11.2 Å². The van der Waals surface area contributed by atoms with Gasteiger partial charge in [0.05, 0.1) is 6.20 Å². The van der Waals surface area contributed by atoms with Crippen LogP contribution in [0, 0.1) is 5.82 Å². The highest BCUT2D eigenvalue weighted by Crippen LogP contribution is 2.09. The van der Waals surface area contributed by atoms with E-state index >= 15 is 0 Å². The predicted octanol–water partition coefficient (Wildman–Crippen LogP) is 2.54. The highest BCUT2D eigenvalue weighted by molar-refractivity contribution is 5.88. The van der Waals surface area contributed by atoms with Gasteiger partial charge in [0.2, 0.25) is 5.91 Å². The fourth-order valence-corrected chi connectivity index (χ4v) is 1.89. The molecule has 23 heavy (non-hydrogen) atoms. The Hall–Kier alpha value is -2.96. The second kappa shape index (κ2) is 7.88. The number of nitrogens with zero attached hydrogens (tertiary/aromatic N) is 1. The molecular weight excluding hydrogens is 299 g/mol. The van der Waals surface area contributed by atoms with Crippen LogP contribution in [0.25, 0.3) is 0 Å². The SMILES string of the molecule is CC(=O)Nc1ccc(CCNC(=O)Nc2ccc(F)cn2)cc1. The first-order valence-corrected chi connectivity index (χ1v) is 7.06. The number of hydrogen-bond acceptors (Lipinski definition) is 3. The summed E-state index contributed by atoms with van der Waals surface area (Å²) in [5.74, 6) is -0.298. The average molecular weight is 316 g/mol. The third-order valence-electron chi connectivity index (χ3n) is 2.94. The highest BCUT2D eigenvalue weighted by Gasteiger charge is 2.03. The lowest BCUT2D eigenvalue weighted by Crippen LogP contribution is -2.30. The van der Waals surface area contributed by atoms with Gasteiger partial charge < -0.3 is 10.6 Å². The summed E-state index contributed by atoms with van der Waals surface area (Å²) in [6.45, 7) is 1.89. The second-order valence-corrected chi connectivity index (χ2v) is 4.87. The van der Waals surface area contributed by atoms with Gasteiger partial charge in [0, 0.05) is 19.2 Å². The maximum Gasteiger partial charge on any atom is 0.320 e. The zero-order valence-corrected chi connectivity index (χ0v) is 12.6. The van der Waals surface area contributed by atoms with E-state index < -0.39 is 11.8 Å². The van der Waals surface area contributed by atoms with Gasteiger partial charge in [-0.1, -0.05) is 12.1 Å². The molecule has 1 aromatic carbocycles. The summed E-state index contributed by atoms with van der Waals surface area (Å²) >= 11 is 0. The number of halogens is 1. The van der Waals surface area contributed by atoms with Crippen LogP contribution in [0.4, 0.5) is 20.7 Å². The van der Waals surface area contributed by atoms with E-state index in [9.17, 15) is 14.0 Å². The van der Waals surface area contributed by atoms with Crippen molar-refractivity contribution in [3.8, 4) is 0 Å². The third-order valence-corrected chi connectivity index (χ3v) is 2.94. The lowest BCUT2D eigenvalue weighted by Gasteiger charge is -2.08. The minimum atomic E-state index is -0.460. The number of amides is 3. The van der Waals surface area contributed by atoms with E-state index in [1.165, 1.54) is 19.1 Å². The van der Waals surface area contributed by atoms with Crippen molar-refractivity contribution in [2.24, 2.45) is 0 Å². The second-order valence-electron chi connectivity index (χ2n) is 4.87. The van der Waals surface area contributed by atoms with E-state index in [-0.39, 0.29) is 11.7 Å². The van der Waals surface area contributed by atoms with E-state index in [0.29, 0.717) is 13.0 Å². The van der Waals surface area contributed by atoms with Crippen molar-refractivity contribution in [3.63, 3.8) is 0 Å². The van der Waals surface area contributed by atoms with Gasteiger partial charge in [0.15, 0.2) is 0 Å². The molecule has 0 aliphatic rings. The predicted molar refractivity (Wildman–Crippen MR) is 85.7 cm³/mol. The van der Waals surface area contributed by atoms with Gasteiger partial charge in [-0.25, -0.2) is 14.2 Å². The molecule has 0 aliphatic carbocycles. The van der Waals surface area contributed by atoms with E-state index in [0.717, 1.165) is 17.4 Å². The van der Waals surface area contributed by atoms with E-state index in [1.54, 1.807) is 12.1 Å². The molecule has 2 rings (SSSR count). The average Bonchev–Trinajstić information content (AvgIpc) is 2.51. The quantitative estimate of drug-likeness (QED) is 0.792. The summed E-state index contributed by atoms with van der Waals surface area (Å²) < 4.78 is 12.7. The Morgan fingerprint density at radius 3 is 2.43 bits per heavy atom. The van der Waals surface area contributed by atoms with Crippen LogP contribution < -0.4 is 16.0 Å². The lowest BCUT2D eigenvalue weighted by molar-refractivity contribution is -0.114. The molecule has 0 spiro atoms. The number of urea groups is 1. The minimum absolute atomic E-state index is 0.120. The maximum atomic E-state index is 12.7. The van der Waals surface area contributed by atoms with Gasteiger partial charge in [-0.05, 0) is 36.2 Å². The number of pyridine rings is 1. The molecule has 0 unspecified atom stereocenters. The molecule has 0 fully saturated rings. The molecule has 0 atom stereocenters. The normalized spacial score (nSPS) is 10.0. The van der Waals surface area contributed by atoms with Crippen LogP contribution in [0.2, 0.25) is 0 Å². The summed E-state index contributed by atoms with van der Waals surface area (Å²) in [5.41, 5.74) is 1.76. The number of anilines is 2. The van der Waals surface area contributed by atoms with Gasteiger partial charge >= 0.3 is 6.03 Å². The van der Waals surface area contributed by atoms with Crippen molar-refractivity contribution in [1.82, 2.24) is 10.3 Å². The molecule has 7 heteroatoms. The Bertz CT molecular complexity index is 671. The summed E-state index contributed by atoms with van der Waals surface area (Å²) in [6, 6.07) is 9.57. The Morgan fingerprint density at radius 2 is 1.83 bits per heavy atom. The van der Waals surface area contributed by atoms with Crippen molar-refractivity contribution in [2.75, 3.05) is 17.2 Å². The fraction of sp³-hybridized carbons (Fsp3) is 0.188. The fourth-order valence-electron chi connectivity index (χ4n) is 1.89. The third kappa shape index (κ3) is 5.74. The molecule has 1 aromatic heterocycles. The van der Waals surface area contributed by atoms with Crippen molar-refractivity contribution < 1.29 is 14.0 Å². The molecule has 3 N–H and O–H groups in total. The molecule has 6 nitrogen and oxygen atoms in total. The maximum absolute atomic E-state index is 12.7. The van der Waals surface area contributed by atoms with Crippen molar-refractivity contribution in [3.05, 3.63) is 54.0 Å². The number of carbonyl (C=O) groups excluding carboxylic acids is 2. The summed E-state index contributed by atoms with van der Waals surface area (Å²) in [5, 5.41) is 7.88. The van der Waals surface area contributed by atoms with E-state index in [1.807, 2.05) is 12.1 Å². The smallest absolute Gasteiger partial charge is 0.320 e. The number of nitrogens with one attached hydrogen (secondary N) is 3. The Kier molecular flexibility index (Phi) is 5.62. The van der Waals surface area contributed by atoms with Gasteiger partial charge in [-0.3, -0.25) is 10.1 Å². The van der Waals surface area contributed by atoms with Crippen molar-refractivity contribution in [1.29, 1.82) is 0 Å². The first-order chi connectivity index (χ1) is 11.0.